The van der Waals surface area contributed by atoms with Crippen molar-refractivity contribution in [2.75, 3.05) is 13.1 Å². The number of nitrogens with zero attached hydrogens (tertiary/aromatic N) is 2. The second-order valence-electron chi connectivity index (χ2n) is 10.2. The van der Waals surface area contributed by atoms with Gasteiger partial charge in [0, 0.05) is 13.1 Å². The number of likely N-dealkylation sites (tertiary alicyclic amines) is 2. The van der Waals surface area contributed by atoms with Crippen molar-refractivity contribution < 1.29 is 38.9 Å². The summed E-state index contributed by atoms with van der Waals surface area (Å²) in [6, 6.07) is 16.9. The van der Waals surface area contributed by atoms with Crippen LogP contribution >= 0.6 is 0 Å². The molecule has 2 aliphatic rings. The lowest BCUT2D eigenvalue weighted by Crippen LogP contribution is -2.45. The monoisotopic (exact) mass is 552 g/mol. The topological polar surface area (TPSA) is 134 Å². The number of carbonyl (C=O) groups excluding carboxylic acids is 4. The number of aliphatic hydroxyl groups is 2. The number of aliphatic hydroxyl groups excluding tert-OH is 2. The lowest BCUT2D eigenvalue weighted by molar-refractivity contribution is -0.156. The first-order chi connectivity index (χ1) is 19.3. The van der Waals surface area contributed by atoms with E-state index in [1.807, 2.05) is 60.7 Å². The minimum absolute atomic E-state index is 0.0962. The van der Waals surface area contributed by atoms with Crippen molar-refractivity contribution in [2.24, 2.45) is 0 Å². The second-order valence-corrected chi connectivity index (χ2v) is 10.2. The van der Waals surface area contributed by atoms with Crippen molar-refractivity contribution in [1.29, 1.82) is 0 Å². The molecule has 2 amide bonds. The lowest BCUT2D eigenvalue weighted by Gasteiger charge is -2.27. The Morgan fingerprint density at radius 2 is 1.05 bits per heavy atom. The molecule has 40 heavy (non-hydrogen) atoms. The number of hydrogen-bond donors (Lipinski definition) is 2. The summed E-state index contributed by atoms with van der Waals surface area (Å²) >= 11 is 0. The first-order valence-electron chi connectivity index (χ1n) is 13.7. The molecule has 0 aliphatic carbocycles. The molecule has 2 saturated heterocycles. The predicted octanol–water partition coefficient (Wildman–Crippen LogP) is 1.96. The Balaban J connectivity index is 1.24. The number of carbonyl (C=O) groups is 4. The molecule has 0 bridgehead atoms. The van der Waals surface area contributed by atoms with Gasteiger partial charge < -0.3 is 29.5 Å². The van der Waals surface area contributed by atoms with Crippen LogP contribution in [-0.4, -0.2) is 81.1 Å². The maximum atomic E-state index is 12.9. The molecule has 0 spiro atoms. The fourth-order valence-corrected chi connectivity index (χ4v) is 5.13. The summed E-state index contributed by atoms with van der Waals surface area (Å²) < 4.78 is 10.8. The van der Waals surface area contributed by atoms with Gasteiger partial charge in [0.15, 0.2) is 0 Å². The van der Waals surface area contributed by atoms with Gasteiger partial charge in [0.25, 0.3) is 0 Å². The maximum absolute atomic E-state index is 12.9. The van der Waals surface area contributed by atoms with Crippen molar-refractivity contribution in [3.63, 3.8) is 0 Å². The van der Waals surface area contributed by atoms with Crippen LogP contribution in [0.2, 0.25) is 0 Å². The highest BCUT2D eigenvalue weighted by Gasteiger charge is 2.39. The zero-order valence-electron chi connectivity index (χ0n) is 22.4. The molecule has 10 heteroatoms. The minimum Gasteiger partial charge on any atom is -0.459 e. The van der Waals surface area contributed by atoms with Crippen LogP contribution in [0.25, 0.3) is 0 Å². The van der Waals surface area contributed by atoms with E-state index in [2.05, 4.69) is 0 Å². The van der Waals surface area contributed by atoms with E-state index in [1.165, 1.54) is 9.80 Å². The average molecular weight is 553 g/mol. The Morgan fingerprint density at radius 1 is 0.675 bits per heavy atom. The fraction of sp³-hybridized carbons (Fsp3) is 0.467. The molecule has 2 fully saturated rings. The standard InChI is InChI=1S/C30H36N2O8/c33-25(17-27(35)31-15-7-13-23(31)29(37)39-19-21-9-3-1-4-10-21)26(34)18-28(36)32-16-8-14-24(32)30(38)40-20-22-11-5-2-6-12-22/h1-6,9-12,23-26,33-34H,7-8,13-20H2/t23?,24?,25-,26-/m0/s1. The maximum Gasteiger partial charge on any atom is 0.329 e. The van der Waals surface area contributed by atoms with Gasteiger partial charge in [0.2, 0.25) is 11.8 Å². The normalized spacial score (nSPS) is 20.1. The van der Waals surface area contributed by atoms with E-state index in [0.29, 0.717) is 38.8 Å². The Morgan fingerprint density at radius 3 is 1.43 bits per heavy atom. The van der Waals surface area contributed by atoms with Gasteiger partial charge in [-0.3, -0.25) is 9.59 Å². The van der Waals surface area contributed by atoms with Crippen LogP contribution in [0.3, 0.4) is 0 Å². The zero-order valence-corrected chi connectivity index (χ0v) is 22.4. The molecule has 10 nitrogen and oxygen atoms in total. The zero-order chi connectivity index (χ0) is 28.5. The third kappa shape index (κ3) is 7.67. The molecule has 4 atom stereocenters. The largest absolute Gasteiger partial charge is 0.459 e. The molecule has 0 radical (unpaired) electrons. The van der Waals surface area contributed by atoms with E-state index in [9.17, 15) is 29.4 Å². The van der Waals surface area contributed by atoms with Gasteiger partial charge >= 0.3 is 11.9 Å². The molecule has 2 aliphatic heterocycles. The Hall–Kier alpha value is -3.76. The Labute approximate surface area is 233 Å². The Kier molecular flexibility index (Phi) is 10.3. The van der Waals surface area contributed by atoms with E-state index in [1.54, 1.807) is 0 Å². The molecule has 0 saturated carbocycles. The van der Waals surface area contributed by atoms with Gasteiger partial charge in [-0.05, 0) is 36.8 Å². The van der Waals surface area contributed by atoms with Crippen LogP contribution in [-0.2, 0) is 41.9 Å². The van der Waals surface area contributed by atoms with Crippen LogP contribution in [0.5, 0.6) is 0 Å². The minimum atomic E-state index is -1.51. The summed E-state index contributed by atoms with van der Waals surface area (Å²) in [5.74, 6) is -2.03. The molecule has 2 N–H and O–H groups in total. The number of rotatable bonds is 11. The molecule has 4 rings (SSSR count). The molecule has 0 aromatic heterocycles. The number of benzene rings is 2. The van der Waals surface area contributed by atoms with Crippen molar-refractivity contribution >= 4 is 23.8 Å². The van der Waals surface area contributed by atoms with Gasteiger partial charge in [-0.25, -0.2) is 9.59 Å². The first-order valence-corrected chi connectivity index (χ1v) is 13.7. The van der Waals surface area contributed by atoms with Gasteiger partial charge in [-0.2, -0.15) is 0 Å². The molecule has 214 valence electrons. The fourth-order valence-electron chi connectivity index (χ4n) is 5.13. The first kappa shape index (κ1) is 29.2. The quantitative estimate of drug-likeness (QED) is 0.404. The van der Waals surface area contributed by atoms with Gasteiger partial charge in [-0.15, -0.1) is 0 Å². The van der Waals surface area contributed by atoms with Gasteiger partial charge in [-0.1, -0.05) is 60.7 Å². The predicted molar refractivity (Wildman–Crippen MR) is 143 cm³/mol. The van der Waals surface area contributed by atoms with Crippen LogP contribution in [0, 0.1) is 0 Å². The molecule has 2 aromatic carbocycles. The van der Waals surface area contributed by atoms with E-state index in [-0.39, 0.29) is 13.2 Å². The van der Waals surface area contributed by atoms with E-state index >= 15 is 0 Å². The summed E-state index contributed by atoms with van der Waals surface area (Å²) in [6.45, 7) is 0.871. The SMILES string of the molecule is O=C(OCc1ccccc1)C1CCCN1C(=O)C[C@H](O)[C@@H](O)CC(=O)N1CCCC1C(=O)OCc1ccccc1. The van der Waals surface area contributed by atoms with Crippen molar-refractivity contribution in [3.8, 4) is 0 Å². The lowest BCUT2D eigenvalue weighted by atomic mass is 10.1. The second kappa shape index (κ2) is 14.0. The van der Waals surface area contributed by atoms with Gasteiger partial charge in [0.1, 0.15) is 25.3 Å². The van der Waals surface area contributed by atoms with E-state index in [4.69, 9.17) is 9.47 Å². The highest BCUT2D eigenvalue weighted by molar-refractivity contribution is 5.86. The average Bonchev–Trinajstić information content (AvgIpc) is 3.66. The number of ether oxygens (including phenoxy) is 2. The summed E-state index contributed by atoms with van der Waals surface area (Å²) in [5.41, 5.74) is 1.67. The molecule has 2 unspecified atom stereocenters. The summed E-state index contributed by atoms with van der Waals surface area (Å²) in [6.07, 6.45) is -1.78. The number of hydrogen-bond acceptors (Lipinski definition) is 8. The molecule has 2 aromatic rings. The van der Waals surface area contributed by atoms with E-state index in [0.717, 1.165) is 11.1 Å². The highest BCUT2D eigenvalue weighted by atomic mass is 16.5. The summed E-state index contributed by atoms with van der Waals surface area (Å²) in [5, 5.41) is 21.1. The number of amides is 2. The van der Waals surface area contributed by atoms with Crippen LogP contribution in [0.4, 0.5) is 0 Å². The third-order valence-electron chi connectivity index (χ3n) is 7.35. The van der Waals surface area contributed by atoms with E-state index < -0.39 is 60.9 Å². The summed E-state index contributed by atoms with van der Waals surface area (Å²) in [7, 11) is 0. The molecular formula is C30H36N2O8. The highest BCUT2D eigenvalue weighted by Crippen LogP contribution is 2.23. The van der Waals surface area contributed by atoms with Gasteiger partial charge in [0.05, 0.1) is 25.0 Å². The number of esters is 2. The Bertz CT molecular complexity index is 1070. The van der Waals surface area contributed by atoms with Crippen molar-refractivity contribution in [3.05, 3.63) is 71.8 Å². The van der Waals surface area contributed by atoms with Crippen LogP contribution in [0.15, 0.2) is 60.7 Å². The smallest absolute Gasteiger partial charge is 0.329 e. The third-order valence-corrected chi connectivity index (χ3v) is 7.35. The van der Waals surface area contributed by atoms with Crippen molar-refractivity contribution in [1.82, 2.24) is 9.80 Å². The van der Waals surface area contributed by atoms with Crippen LogP contribution < -0.4 is 0 Å². The van der Waals surface area contributed by atoms with Crippen molar-refractivity contribution in [2.45, 2.75) is 76.0 Å². The van der Waals surface area contributed by atoms with Crippen LogP contribution in [0.1, 0.15) is 49.7 Å². The molecule has 2 heterocycles. The molecular weight excluding hydrogens is 516 g/mol. The summed E-state index contributed by atoms with van der Waals surface area (Å²) in [4.78, 5) is 53.8.